The molecule has 0 saturated heterocycles. The number of carboxylic acids is 1. The molecule has 1 atom stereocenters. The van der Waals surface area contributed by atoms with Gasteiger partial charge in [-0.05, 0) is 52.4 Å². The smallest absolute Gasteiger partial charge is 0.407 e. The Morgan fingerprint density at radius 3 is 2.17 bits per heavy atom. The van der Waals surface area contributed by atoms with Crippen LogP contribution in [0.3, 0.4) is 0 Å². The number of Topliss-reactive ketones (excluding diaryl/α,β-unsaturated/α-hetero) is 2. The van der Waals surface area contributed by atoms with Crippen LogP contribution in [-0.2, 0) is 19.1 Å². The summed E-state index contributed by atoms with van der Waals surface area (Å²) in [6.07, 6.45) is 1.43. The molecule has 0 radical (unpaired) electrons. The molecule has 1 fully saturated rings. The second-order valence-electron chi connectivity index (χ2n) is 9.32. The molecule has 8 heteroatoms. The third-order valence-corrected chi connectivity index (χ3v) is 4.49. The van der Waals surface area contributed by atoms with Crippen LogP contribution in [0.25, 0.3) is 0 Å². The van der Waals surface area contributed by atoms with Gasteiger partial charge in [0.15, 0.2) is 11.6 Å². The number of carboxylic acid groups (broad SMARTS) is 1. The van der Waals surface area contributed by atoms with Crippen molar-refractivity contribution in [3.63, 3.8) is 0 Å². The molecule has 8 nitrogen and oxygen atoms in total. The number of carbonyl (C=O) groups is 4. The Kier molecular flexibility index (Phi) is 8.41. The Morgan fingerprint density at radius 2 is 1.69 bits per heavy atom. The number of nitrogens with one attached hydrogen (secondary N) is 2. The van der Waals surface area contributed by atoms with E-state index >= 15 is 0 Å². The van der Waals surface area contributed by atoms with Gasteiger partial charge in [0.05, 0.1) is 5.57 Å². The van der Waals surface area contributed by atoms with Crippen LogP contribution in [0.15, 0.2) is 11.3 Å². The molecule has 0 aromatic rings. The molecule has 1 amide bonds. The van der Waals surface area contributed by atoms with Crippen LogP contribution < -0.4 is 10.6 Å². The third-order valence-electron chi connectivity index (χ3n) is 4.49. The number of unbranched alkanes of at least 4 members (excludes halogenated alkanes) is 1. The zero-order valence-corrected chi connectivity index (χ0v) is 18.3. The lowest BCUT2D eigenvalue weighted by Crippen LogP contribution is -2.39. The van der Waals surface area contributed by atoms with Crippen LogP contribution in [0.1, 0.15) is 73.6 Å². The summed E-state index contributed by atoms with van der Waals surface area (Å²) in [6, 6.07) is -0.917. The number of hydrogen-bond donors (Lipinski definition) is 3. The second-order valence-corrected chi connectivity index (χ2v) is 9.32. The molecule has 0 aromatic carbocycles. The maximum Gasteiger partial charge on any atom is 0.407 e. The molecule has 0 aliphatic heterocycles. The lowest BCUT2D eigenvalue weighted by Gasteiger charge is -2.30. The fourth-order valence-corrected chi connectivity index (χ4v) is 3.25. The molecule has 0 unspecified atom stereocenters. The van der Waals surface area contributed by atoms with Crippen molar-refractivity contribution < 1.29 is 29.0 Å². The van der Waals surface area contributed by atoms with Crippen LogP contribution in [0, 0.1) is 5.41 Å². The molecule has 0 bridgehead atoms. The zero-order valence-electron chi connectivity index (χ0n) is 18.3. The highest BCUT2D eigenvalue weighted by molar-refractivity contribution is 6.22. The summed E-state index contributed by atoms with van der Waals surface area (Å²) < 4.78 is 5.13. The molecule has 1 aliphatic rings. The van der Waals surface area contributed by atoms with Gasteiger partial charge >= 0.3 is 12.1 Å². The van der Waals surface area contributed by atoms with Crippen molar-refractivity contribution in [2.24, 2.45) is 5.41 Å². The van der Waals surface area contributed by atoms with Crippen LogP contribution in [-0.4, -0.2) is 46.9 Å². The van der Waals surface area contributed by atoms with Gasteiger partial charge in [0, 0.05) is 25.1 Å². The number of hydrogen-bond acceptors (Lipinski definition) is 6. The van der Waals surface area contributed by atoms with E-state index in [1.54, 1.807) is 27.7 Å². The summed E-state index contributed by atoms with van der Waals surface area (Å²) in [7, 11) is 0. The van der Waals surface area contributed by atoms with Crippen molar-refractivity contribution in [3.05, 3.63) is 11.3 Å². The minimum Gasteiger partial charge on any atom is -0.480 e. The van der Waals surface area contributed by atoms with Crippen LogP contribution in [0.2, 0.25) is 0 Å². The van der Waals surface area contributed by atoms with E-state index in [4.69, 9.17) is 4.74 Å². The molecule has 3 N–H and O–H groups in total. The van der Waals surface area contributed by atoms with Gasteiger partial charge in [-0.1, -0.05) is 13.8 Å². The Labute approximate surface area is 172 Å². The van der Waals surface area contributed by atoms with Crippen molar-refractivity contribution in [2.75, 3.05) is 6.54 Å². The first-order valence-corrected chi connectivity index (χ1v) is 9.95. The monoisotopic (exact) mass is 410 g/mol. The standard InChI is InChI=1S/C21H34N2O6/c1-13(17-15(24)11-21(5,6)12-16(17)25)23-14(18(26)27)9-7-8-10-22-19(28)29-20(2,3)4/h14,23H,7-12H2,1-6H3,(H,22,28)(H,26,27)/t14-/m0/s1. The van der Waals surface area contributed by atoms with Gasteiger partial charge in [-0.25, -0.2) is 9.59 Å². The normalized spacial score (nSPS) is 17.5. The van der Waals surface area contributed by atoms with E-state index < -0.39 is 23.7 Å². The van der Waals surface area contributed by atoms with Gasteiger partial charge in [-0.2, -0.15) is 0 Å². The lowest BCUT2D eigenvalue weighted by atomic mass is 9.73. The molecule has 164 valence electrons. The number of alkyl carbamates (subject to hydrolysis) is 1. The Bertz CT molecular complexity index is 666. The van der Waals surface area contributed by atoms with Gasteiger partial charge in [0.2, 0.25) is 0 Å². The molecule has 1 aliphatic carbocycles. The SMILES string of the molecule is CC(N[C@@H](CCCCNC(=O)OC(C)(C)C)C(=O)O)=C1C(=O)CC(C)(C)CC1=O. The zero-order chi connectivity index (χ0) is 22.4. The van der Waals surface area contributed by atoms with Crippen LogP contribution in [0.4, 0.5) is 4.79 Å². The quantitative estimate of drug-likeness (QED) is 0.319. The molecule has 0 spiro atoms. The van der Waals surface area contributed by atoms with Crippen molar-refractivity contribution in [1.29, 1.82) is 0 Å². The third kappa shape index (κ3) is 8.66. The highest BCUT2D eigenvalue weighted by Gasteiger charge is 2.37. The fraction of sp³-hybridized carbons (Fsp3) is 0.714. The van der Waals surface area contributed by atoms with Gasteiger partial charge in [0.25, 0.3) is 0 Å². The van der Waals surface area contributed by atoms with E-state index in [0.717, 1.165) is 0 Å². The van der Waals surface area contributed by atoms with E-state index in [2.05, 4.69) is 10.6 Å². The largest absolute Gasteiger partial charge is 0.480 e. The molecule has 1 saturated carbocycles. The number of allylic oxidation sites excluding steroid dienone is 2. The number of rotatable bonds is 8. The summed E-state index contributed by atoms with van der Waals surface area (Å²) in [5, 5.41) is 14.9. The summed E-state index contributed by atoms with van der Waals surface area (Å²) in [6.45, 7) is 11.0. The number of ketones is 2. The van der Waals surface area contributed by atoms with E-state index in [0.29, 0.717) is 31.5 Å². The maximum absolute atomic E-state index is 12.4. The summed E-state index contributed by atoms with van der Waals surface area (Å²) >= 11 is 0. The molecule has 0 aromatic heterocycles. The van der Waals surface area contributed by atoms with E-state index in [9.17, 15) is 24.3 Å². The Morgan fingerprint density at radius 1 is 1.14 bits per heavy atom. The topological polar surface area (TPSA) is 122 Å². The van der Waals surface area contributed by atoms with Crippen molar-refractivity contribution in [1.82, 2.24) is 10.6 Å². The molecule has 0 heterocycles. The van der Waals surface area contributed by atoms with E-state index in [1.165, 1.54) is 0 Å². The van der Waals surface area contributed by atoms with Gasteiger partial charge in [0.1, 0.15) is 11.6 Å². The average molecular weight is 411 g/mol. The fourth-order valence-electron chi connectivity index (χ4n) is 3.25. The minimum absolute atomic E-state index is 0.0853. The molecular weight excluding hydrogens is 376 g/mol. The summed E-state index contributed by atoms with van der Waals surface area (Å²) in [5.74, 6) is -1.55. The number of aliphatic carboxylic acids is 1. The Balaban J connectivity index is 2.57. The molecule has 1 rings (SSSR count). The lowest BCUT2D eigenvalue weighted by molar-refractivity contribution is -0.139. The van der Waals surface area contributed by atoms with Crippen molar-refractivity contribution >= 4 is 23.6 Å². The number of carbonyl (C=O) groups excluding carboxylic acids is 3. The molecular formula is C21H34N2O6. The van der Waals surface area contributed by atoms with Crippen molar-refractivity contribution in [2.45, 2.75) is 85.3 Å². The first-order chi connectivity index (χ1) is 13.2. The highest BCUT2D eigenvalue weighted by atomic mass is 16.6. The first-order valence-electron chi connectivity index (χ1n) is 9.95. The summed E-state index contributed by atoms with van der Waals surface area (Å²) in [4.78, 5) is 47.9. The van der Waals surface area contributed by atoms with E-state index in [1.807, 2.05) is 13.8 Å². The van der Waals surface area contributed by atoms with Gasteiger partial charge < -0.3 is 20.5 Å². The predicted molar refractivity (Wildman–Crippen MR) is 108 cm³/mol. The number of amides is 1. The maximum atomic E-state index is 12.4. The second kappa shape index (κ2) is 9.89. The van der Waals surface area contributed by atoms with Crippen LogP contribution >= 0.6 is 0 Å². The van der Waals surface area contributed by atoms with E-state index in [-0.39, 0.29) is 35.4 Å². The van der Waals surface area contributed by atoms with Crippen molar-refractivity contribution in [3.8, 4) is 0 Å². The van der Waals surface area contributed by atoms with Gasteiger partial charge in [-0.15, -0.1) is 0 Å². The first kappa shape index (κ1) is 24.7. The Hall–Kier alpha value is -2.38. The minimum atomic E-state index is -1.05. The average Bonchev–Trinajstić information content (AvgIpc) is 2.49. The van der Waals surface area contributed by atoms with Crippen LogP contribution in [0.5, 0.6) is 0 Å². The summed E-state index contributed by atoms with van der Waals surface area (Å²) in [5.41, 5.74) is -0.543. The highest BCUT2D eigenvalue weighted by Crippen LogP contribution is 2.34. The molecule has 29 heavy (non-hydrogen) atoms. The predicted octanol–water partition coefficient (Wildman–Crippen LogP) is 2.96. The number of ether oxygens (including phenoxy) is 1. The van der Waals surface area contributed by atoms with Gasteiger partial charge in [-0.3, -0.25) is 9.59 Å².